The van der Waals surface area contributed by atoms with Gasteiger partial charge in [-0.15, -0.1) is 0 Å². The molecule has 1 heterocycles. The average molecular weight is 383 g/mol. The molecule has 0 saturated heterocycles. The minimum atomic E-state index is 0.526. The highest BCUT2D eigenvalue weighted by Gasteiger charge is 2.09. The van der Waals surface area contributed by atoms with Crippen molar-refractivity contribution in [3.05, 3.63) is 34.6 Å². The third-order valence-corrected chi connectivity index (χ3v) is 4.57. The maximum Gasteiger partial charge on any atom is 0.170 e. The molecule has 0 atom stereocenters. The van der Waals surface area contributed by atoms with E-state index in [0.29, 0.717) is 17.4 Å². The molecule has 2 N–H and O–H groups in total. The van der Waals surface area contributed by atoms with Crippen LogP contribution in [-0.4, -0.2) is 35.7 Å². The van der Waals surface area contributed by atoms with Crippen molar-refractivity contribution in [3.63, 3.8) is 0 Å². The summed E-state index contributed by atoms with van der Waals surface area (Å²) in [7, 11) is 3.23. The fourth-order valence-corrected chi connectivity index (χ4v) is 2.75. The van der Waals surface area contributed by atoms with Crippen LogP contribution in [-0.2, 0) is 6.54 Å². The number of rotatable bonds is 7. The zero-order valence-electron chi connectivity index (χ0n) is 14.9. The van der Waals surface area contributed by atoms with Crippen molar-refractivity contribution in [3.8, 4) is 11.5 Å². The van der Waals surface area contributed by atoms with Crippen LogP contribution in [0.1, 0.15) is 17.8 Å². The molecule has 8 heteroatoms. The van der Waals surface area contributed by atoms with Gasteiger partial charge in [0.1, 0.15) is 11.5 Å². The number of benzene rings is 1. The molecule has 2 rings (SSSR count). The van der Waals surface area contributed by atoms with Gasteiger partial charge in [0.05, 0.1) is 36.3 Å². The molecule has 2 aromatic rings. The number of methoxy groups -OCH3 is 2. The number of thiocarbonyl (C=S) groups is 1. The summed E-state index contributed by atoms with van der Waals surface area (Å²) in [5.74, 6) is 1.43. The normalized spacial score (nSPS) is 10.4. The van der Waals surface area contributed by atoms with Gasteiger partial charge in [0.2, 0.25) is 0 Å². The number of aryl methyl sites for hydroxylation is 2. The Bertz CT molecular complexity index is 748. The Balaban J connectivity index is 1.84. The second kappa shape index (κ2) is 8.92. The number of anilines is 1. The molecular weight excluding hydrogens is 360 g/mol. The van der Waals surface area contributed by atoms with E-state index >= 15 is 0 Å². The van der Waals surface area contributed by atoms with Gasteiger partial charge in [-0.2, -0.15) is 5.10 Å². The Morgan fingerprint density at radius 2 is 2.04 bits per heavy atom. The largest absolute Gasteiger partial charge is 0.497 e. The summed E-state index contributed by atoms with van der Waals surface area (Å²) in [4.78, 5) is 0. The summed E-state index contributed by atoms with van der Waals surface area (Å²) < 4.78 is 12.5. The SMILES string of the molecule is COc1ccc(OC)c(NC(=S)NCCCn2nc(C)c(Cl)c2C)c1. The number of hydrogen-bond donors (Lipinski definition) is 2. The maximum absolute atomic E-state index is 6.15. The molecule has 0 aliphatic carbocycles. The molecule has 1 aromatic carbocycles. The van der Waals surface area contributed by atoms with Gasteiger partial charge in [0, 0.05) is 19.2 Å². The number of halogens is 1. The summed E-state index contributed by atoms with van der Waals surface area (Å²) >= 11 is 11.5. The lowest BCUT2D eigenvalue weighted by atomic mass is 10.2. The van der Waals surface area contributed by atoms with E-state index in [1.165, 1.54) is 0 Å². The van der Waals surface area contributed by atoms with E-state index < -0.39 is 0 Å². The first-order valence-electron chi connectivity index (χ1n) is 7.92. The van der Waals surface area contributed by atoms with E-state index in [-0.39, 0.29) is 0 Å². The Morgan fingerprint density at radius 1 is 1.28 bits per heavy atom. The van der Waals surface area contributed by atoms with E-state index in [1.807, 2.05) is 36.7 Å². The molecule has 0 radical (unpaired) electrons. The van der Waals surface area contributed by atoms with Crippen LogP contribution >= 0.6 is 23.8 Å². The highest BCUT2D eigenvalue weighted by atomic mass is 35.5. The molecule has 0 saturated carbocycles. The molecule has 136 valence electrons. The molecule has 25 heavy (non-hydrogen) atoms. The molecule has 0 fully saturated rings. The smallest absolute Gasteiger partial charge is 0.170 e. The number of aromatic nitrogens is 2. The highest BCUT2D eigenvalue weighted by molar-refractivity contribution is 7.80. The minimum Gasteiger partial charge on any atom is -0.497 e. The standard InChI is InChI=1S/C17H23ClN4O2S/c1-11-16(18)12(2)22(21-11)9-5-8-19-17(25)20-14-10-13(23-3)6-7-15(14)24-4/h6-7,10H,5,8-9H2,1-4H3,(H2,19,20,25). The quantitative estimate of drug-likeness (QED) is 0.564. The predicted molar refractivity (Wildman–Crippen MR) is 105 cm³/mol. The Labute approximate surface area is 158 Å². The molecule has 0 spiro atoms. The zero-order valence-corrected chi connectivity index (χ0v) is 16.4. The molecule has 0 aliphatic heterocycles. The fourth-order valence-electron chi connectivity index (χ4n) is 2.40. The Hall–Kier alpha value is -1.99. The lowest BCUT2D eigenvalue weighted by molar-refractivity contribution is 0.405. The van der Waals surface area contributed by atoms with E-state index in [4.69, 9.17) is 33.3 Å². The monoisotopic (exact) mass is 382 g/mol. The van der Waals surface area contributed by atoms with Gasteiger partial charge in [-0.05, 0) is 44.6 Å². The van der Waals surface area contributed by atoms with Crippen LogP contribution in [0.5, 0.6) is 11.5 Å². The first-order chi connectivity index (χ1) is 12.0. The van der Waals surface area contributed by atoms with E-state index in [2.05, 4.69) is 15.7 Å². The van der Waals surface area contributed by atoms with Crippen molar-refractivity contribution in [2.75, 3.05) is 26.1 Å². The van der Waals surface area contributed by atoms with Gasteiger partial charge in [0.25, 0.3) is 0 Å². The van der Waals surface area contributed by atoms with E-state index in [1.54, 1.807) is 14.2 Å². The van der Waals surface area contributed by atoms with Crippen molar-refractivity contribution in [2.24, 2.45) is 0 Å². The highest BCUT2D eigenvalue weighted by Crippen LogP contribution is 2.28. The lowest BCUT2D eigenvalue weighted by Crippen LogP contribution is -2.30. The molecule has 0 bridgehead atoms. The number of nitrogens with zero attached hydrogens (tertiary/aromatic N) is 2. The van der Waals surface area contributed by atoms with Crippen molar-refractivity contribution in [1.29, 1.82) is 0 Å². The molecule has 0 aliphatic rings. The first-order valence-corrected chi connectivity index (χ1v) is 8.71. The molecule has 6 nitrogen and oxygen atoms in total. The summed E-state index contributed by atoms with van der Waals surface area (Å²) in [5.41, 5.74) is 2.60. The fraction of sp³-hybridized carbons (Fsp3) is 0.412. The summed E-state index contributed by atoms with van der Waals surface area (Å²) in [5, 5.41) is 12.0. The summed E-state index contributed by atoms with van der Waals surface area (Å²) in [6, 6.07) is 5.50. The van der Waals surface area contributed by atoms with Crippen LogP contribution in [0, 0.1) is 13.8 Å². The lowest BCUT2D eigenvalue weighted by Gasteiger charge is -2.14. The first kappa shape index (κ1) is 19.3. The van der Waals surface area contributed by atoms with Crippen LogP contribution in [0.4, 0.5) is 5.69 Å². The second-order valence-corrected chi connectivity index (χ2v) is 6.29. The van der Waals surface area contributed by atoms with E-state index in [0.717, 1.165) is 40.8 Å². The predicted octanol–water partition coefficient (Wildman–Crippen LogP) is 3.55. The Morgan fingerprint density at radius 3 is 2.64 bits per heavy atom. The molecule has 0 unspecified atom stereocenters. The molecule has 1 aromatic heterocycles. The topological polar surface area (TPSA) is 60.3 Å². The van der Waals surface area contributed by atoms with Crippen LogP contribution in [0.25, 0.3) is 0 Å². The van der Waals surface area contributed by atoms with Crippen molar-refractivity contribution in [1.82, 2.24) is 15.1 Å². The number of nitrogens with one attached hydrogen (secondary N) is 2. The third-order valence-electron chi connectivity index (χ3n) is 3.78. The van der Waals surface area contributed by atoms with E-state index in [9.17, 15) is 0 Å². The summed E-state index contributed by atoms with van der Waals surface area (Å²) in [6.45, 7) is 5.37. The molecular formula is C17H23ClN4O2S. The van der Waals surface area contributed by atoms with Crippen molar-refractivity contribution < 1.29 is 9.47 Å². The van der Waals surface area contributed by atoms with Gasteiger partial charge >= 0.3 is 0 Å². The minimum absolute atomic E-state index is 0.526. The number of hydrogen-bond acceptors (Lipinski definition) is 4. The number of ether oxygens (including phenoxy) is 2. The van der Waals surface area contributed by atoms with Gasteiger partial charge < -0.3 is 20.1 Å². The summed E-state index contributed by atoms with van der Waals surface area (Å²) in [6.07, 6.45) is 0.870. The Kier molecular flexibility index (Phi) is 6.90. The van der Waals surface area contributed by atoms with Crippen molar-refractivity contribution >= 4 is 34.6 Å². The van der Waals surface area contributed by atoms with Crippen LogP contribution in [0.3, 0.4) is 0 Å². The van der Waals surface area contributed by atoms with Crippen LogP contribution < -0.4 is 20.1 Å². The van der Waals surface area contributed by atoms with Gasteiger partial charge in [-0.3, -0.25) is 4.68 Å². The van der Waals surface area contributed by atoms with Crippen LogP contribution in [0.2, 0.25) is 5.02 Å². The third kappa shape index (κ3) is 4.99. The average Bonchev–Trinajstić information content (AvgIpc) is 2.85. The van der Waals surface area contributed by atoms with Gasteiger partial charge in [0.15, 0.2) is 5.11 Å². The molecule has 0 amide bonds. The van der Waals surface area contributed by atoms with Crippen LogP contribution in [0.15, 0.2) is 18.2 Å². The van der Waals surface area contributed by atoms with Crippen molar-refractivity contribution in [2.45, 2.75) is 26.8 Å². The zero-order chi connectivity index (χ0) is 18.4. The second-order valence-electron chi connectivity index (χ2n) is 5.51. The van der Waals surface area contributed by atoms with Gasteiger partial charge in [-0.1, -0.05) is 11.6 Å². The maximum atomic E-state index is 6.15. The van der Waals surface area contributed by atoms with Gasteiger partial charge in [-0.25, -0.2) is 0 Å².